The average molecular weight is 261 g/mol. The van der Waals surface area contributed by atoms with E-state index in [1.807, 2.05) is 0 Å². The number of alkyl halides is 3. The molecule has 1 saturated carbocycles. The molecular formula is C12H14F3NO2. The minimum Gasteiger partial charge on any atom is -0.481 e. The molecule has 1 aromatic heterocycles. The van der Waals surface area contributed by atoms with Crippen LogP contribution in [0.1, 0.15) is 36.3 Å². The summed E-state index contributed by atoms with van der Waals surface area (Å²) >= 11 is 0. The lowest BCUT2D eigenvalue weighted by molar-refractivity contribution is -0.139. The molecule has 1 aromatic rings. The summed E-state index contributed by atoms with van der Waals surface area (Å²) in [4.78, 5) is 3.69. The molecule has 0 aromatic carbocycles. The van der Waals surface area contributed by atoms with E-state index in [2.05, 4.69) is 9.72 Å². The van der Waals surface area contributed by atoms with E-state index in [1.54, 1.807) is 0 Å². The maximum atomic E-state index is 12.8. The van der Waals surface area contributed by atoms with Gasteiger partial charge in [-0.1, -0.05) is 6.42 Å². The summed E-state index contributed by atoms with van der Waals surface area (Å²) in [6, 6.07) is 1.03. The van der Waals surface area contributed by atoms with Crippen LogP contribution in [0.25, 0.3) is 0 Å². The molecule has 100 valence electrons. The van der Waals surface area contributed by atoms with Gasteiger partial charge in [0.25, 0.3) is 0 Å². The Hall–Kier alpha value is -1.30. The van der Waals surface area contributed by atoms with Crippen molar-refractivity contribution in [3.63, 3.8) is 0 Å². The molecule has 1 fully saturated rings. The van der Waals surface area contributed by atoms with Gasteiger partial charge in [-0.3, -0.25) is 0 Å². The van der Waals surface area contributed by atoms with Crippen molar-refractivity contribution in [2.75, 3.05) is 7.11 Å². The average Bonchev–Trinajstić information content (AvgIpc) is 2.73. The Morgan fingerprint density at radius 2 is 2.11 bits per heavy atom. The number of nitrogens with zero attached hydrogens (tertiary/aromatic N) is 1. The van der Waals surface area contributed by atoms with Crippen molar-refractivity contribution >= 4 is 0 Å². The predicted molar refractivity (Wildman–Crippen MR) is 58.4 cm³/mol. The number of aliphatic hydroxyl groups is 1. The van der Waals surface area contributed by atoms with Crippen LogP contribution in [0, 0.1) is 0 Å². The summed E-state index contributed by atoms with van der Waals surface area (Å²) in [6.45, 7) is 0. The van der Waals surface area contributed by atoms with Crippen LogP contribution in [0.3, 0.4) is 0 Å². The zero-order chi connectivity index (χ0) is 13.3. The minimum absolute atomic E-state index is 0.260. The molecule has 0 unspecified atom stereocenters. The number of ether oxygens (including phenoxy) is 1. The maximum absolute atomic E-state index is 12.8. The van der Waals surface area contributed by atoms with Crippen LogP contribution in [0.5, 0.6) is 5.88 Å². The first-order valence-electron chi connectivity index (χ1n) is 5.72. The fraction of sp³-hybridized carbons (Fsp3) is 0.583. The van der Waals surface area contributed by atoms with Gasteiger partial charge in [-0.05, 0) is 24.5 Å². The molecule has 1 aliphatic carbocycles. The van der Waals surface area contributed by atoms with Gasteiger partial charge in [-0.15, -0.1) is 0 Å². The number of aliphatic hydroxyl groups excluding tert-OH is 1. The third-order valence-electron chi connectivity index (χ3n) is 3.28. The summed E-state index contributed by atoms with van der Waals surface area (Å²) in [5, 5.41) is 9.72. The topological polar surface area (TPSA) is 42.4 Å². The first-order valence-corrected chi connectivity index (χ1v) is 5.72. The van der Waals surface area contributed by atoms with Crippen LogP contribution in [0.2, 0.25) is 0 Å². The SMILES string of the molecule is COc1ncc([C@H]2CCC[C@H]2O)cc1C(F)(F)F. The third kappa shape index (κ3) is 2.43. The van der Waals surface area contributed by atoms with E-state index >= 15 is 0 Å². The Morgan fingerprint density at radius 3 is 2.61 bits per heavy atom. The molecule has 6 heteroatoms. The molecule has 0 aliphatic heterocycles. The van der Waals surface area contributed by atoms with E-state index in [0.29, 0.717) is 18.4 Å². The Balaban J connectivity index is 2.39. The van der Waals surface area contributed by atoms with Gasteiger partial charge < -0.3 is 9.84 Å². The standard InChI is InChI=1S/C12H14F3NO2/c1-18-11-9(12(13,14)15)5-7(6-16-11)8-3-2-4-10(8)17/h5-6,8,10,17H,2-4H2,1H3/t8-,10-/m1/s1. The molecule has 3 nitrogen and oxygen atoms in total. The fourth-order valence-corrected chi connectivity index (χ4v) is 2.37. The second-order valence-corrected chi connectivity index (χ2v) is 4.43. The lowest BCUT2D eigenvalue weighted by atomic mass is 9.96. The van der Waals surface area contributed by atoms with Crippen molar-refractivity contribution in [1.82, 2.24) is 4.98 Å². The molecule has 0 saturated heterocycles. The van der Waals surface area contributed by atoms with E-state index in [1.165, 1.54) is 6.20 Å². The molecule has 2 rings (SSSR count). The highest BCUT2D eigenvalue weighted by atomic mass is 19.4. The summed E-state index contributed by atoms with van der Waals surface area (Å²) in [5.41, 5.74) is -0.463. The molecule has 1 heterocycles. The van der Waals surface area contributed by atoms with Gasteiger partial charge >= 0.3 is 6.18 Å². The Morgan fingerprint density at radius 1 is 1.39 bits per heavy atom. The maximum Gasteiger partial charge on any atom is 0.421 e. The van der Waals surface area contributed by atoms with Crippen LogP contribution >= 0.6 is 0 Å². The highest BCUT2D eigenvalue weighted by Crippen LogP contribution is 2.40. The molecule has 0 spiro atoms. The van der Waals surface area contributed by atoms with E-state index < -0.39 is 23.7 Å². The van der Waals surface area contributed by atoms with Crippen molar-refractivity contribution in [2.24, 2.45) is 0 Å². The van der Waals surface area contributed by atoms with Gasteiger partial charge in [0.1, 0.15) is 5.56 Å². The minimum atomic E-state index is -4.50. The Labute approximate surface area is 103 Å². The number of hydrogen-bond donors (Lipinski definition) is 1. The Kier molecular flexibility index (Phi) is 3.47. The van der Waals surface area contributed by atoms with E-state index in [0.717, 1.165) is 19.6 Å². The van der Waals surface area contributed by atoms with Gasteiger partial charge in [0.05, 0.1) is 13.2 Å². The van der Waals surface area contributed by atoms with Gasteiger partial charge in [0, 0.05) is 12.1 Å². The highest BCUT2D eigenvalue weighted by Gasteiger charge is 2.37. The Bertz CT molecular complexity index is 434. The quantitative estimate of drug-likeness (QED) is 0.890. The fourth-order valence-electron chi connectivity index (χ4n) is 2.37. The summed E-state index contributed by atoms with van der Waals surface area (Å²) in [7, 11) is 1.15. The van der Waals surface area contributed by atoms with Crippen LogP contribution in [-0.2, 0) is 6.18 Å². The van der Waals surface area contributed by atoms with Crippen molar-refractivity contribution in [3.8, 4) is 5.88 Å². The van der Waals surface area contributed by atoms with Gasteiger partial charge in [-0.25, -0.2) is 4.98 Å². The van der Waals surface area contributed by atoms with Crippen molar-refractivity contribution < 1.29 is 23.0 Å². The first kappa shape index (κ1) is 13.1. The molecule has 2 atom stereocenters. The zero-order valence-corrected chi connectivity index (χ0v) is 9.87. The highest BCUT2D eigenvalue weighted by molar-refractivity contribution is 5.34. The first-order chi connectivity index (χ1) is 8.43. The molecular weight excluding hydrogens is 247 g/mol. The number of hydrogen-bond acceptors (Lipinski definition) is 3. The van der Waals surface area contributed by atoms with Crippen molar-refractivity contribution in [3.05, 3.63) is 23.4 Å². The largest absolute Gasteiger partial charge is 0.481 e. The molecule has 0 amide bonds. The van der Waals surface area contributed by atoms with Gasteiger partial charge in [-0.2, -0.15) is 13.2 Å². The smallest absolute Gasteiger partial charge is 0.421 e. The molecule has 1 N–H and O–H groups in total. The molecule has 0 radical (unpaired) electrons. The normalized spacial score (nSPS) is 24.3. The van der Waals surface area contributed by atoms with E-state index in [-0.39, 0.29) is 5.92 Å². The molecule has 1 aliphatic rings. The third-order valence-corrected chi connectivity index (χ3v) is 3.28. The lowest BCUT2D eigenvalue weighted by Crippen LogP contribution is -2.14. The summed E-state index contributed by atoms with van der Waals surface area (Å²) < 4.78 is 43.1. The van der Waals surface area contributed by atoms with Crippen LogP contribution < -0.4 is 4.74 Å². The van der Waals surface area contributed by atoms with E-state index in [4.69, 9.17) is 0 Å². The molecule has 0 bridgehead atoms. The summed E-state index contributed by atoms with van der Waals surface area (Å²) in [6.07, 6.45) is -1.60. The van der Waals surface area contributed by atoms with Gasteiger partial charge in [0.15, 0.2) is 0 Å². The summed E-state index contributed by atoms with van der Waals surface area (Å²) in [5.74, 6) is -0.691. The number of pyridine rings is 1. The zero-order valence-electron chi connectivity index (χ0n) is 9.87. The number of methoxy groups -OCH3 is 1. The van der Waals surface area contributed by atoms with Gasteiger partial charge in [0.2, 0.25) is 5.88 Å². The van der Waals surface area contributed by atoms with E-state index in [9.17, 15) is 18.3 Å². The van der Waals surface area contributed by atoms with Crippen LogP contribution in [0.4, 0.5) is 13.2 Å². The number of halogens is 3. The second kappa shape index (κ2) is 4.76. The molecule has 18 heavy (non-hydrogen) atoms. The number of aromatic nitrogens is 1. The predicted octanol–water partition coefficient (Wildman–Crippen LogP) is 2.74. The monoisotopic (exact) mass is 261 g/mol. The van der Waals surface area contributed by atoms with Crippen molar-refractivity contribution in [2.45, 2.75) is 37.5 Å². The lowest BCUT2D eigenvalue weighted by Gasteiger charge is -2.17. The second-order valence-electron chi connectivity index (χ2n) is 4.43. The van der Waals surface area contributed by atoms with Crippen LogP contribution in [-0.4, -0.2) is 23.3 Å². The van der Waals surface area contributed by atoms with Crippen LogP contribution in [0.15, 0.2) is 12.3 Å². The van der Waals surface area contributed by atoms with Crippen molar-refractivity contribution in [1.29, 1.82) is 0 Å². The number of rotatable bonds is 2.